The van der Waals surface area contributed by atoms with Gasteiger partial charge in [-0.3, -0.25) is 4.79 Å². The van der Waals surface area contributed by atoms with Crippen LogP contribution in [0.5, 0.6) is 0 Å². The molecule has 0 heterocycles. The van der Waals surface area contributed by atoms with E-state index in [2.05, 4.69) is 0 Å². The Bertz CT molecular complexity index is 822. The highest BCUT2D eigenvalue weighted by atomic mass is 16.5. The van der Waals surface area contributed by atoms with Crippen molar-refractivity contribution in [3.8, 4) is 0 Å². The minimum Gasteiger partial charge on any atom is -0.454 e. The fraction of sp³-hybridized carbons (Fsp3) is 0.0526. The monoisotopic (exact) mass is 290 g/mol. The summed E-state index contributed by atoms with van der Waals surface area (Å²) in [5, 5.41) is 2.06. The molecular weight excluding hydrogens is 276 g/mol. The van der Waals surface area contributed by atoms with Gasteiger partial charge in [-0.05, 0) is 29.0 Å². The quantitative estimate of drug-likeness (QED) is 0.541. The third-order valence-electron chi connectivity index (χ3n) is 3.42. The second-order valence-electron chi connectivity index (χ2n) is 4.93. The third kappa shape index (κ3) is 3.04. The van der Waals surface area contributed by atoms with Crippen LogP contribution in [0.25, 0.3) is 10.8 Å². The molecule has 0 fully saturated rings. The zero-order chi connectivity index (χ0) is 15.4. The molecule has 0 saturated heterocycles. The van der Waals surface area contributed by atoms with E-state index in [0.717, 1.165) is 10.8 Å². The lowest BCUT2D eigenvalue weighted by atomic mass is 10.0. The molecule has 0 saturated carbocycles. The van der Waals surface area contributed by atoms with Gasteiger partial charge in [0.25, 0.3) is 0 Å². The summed E-state index contributed by atoms with van der Waals surface area (Å²) in [6, 6.07) is 21.9. The van der Waals surface area contributed by atoms with Gasteiger partial charge in [0.1, 0.15) is 0 Å². The normalized spacial score (nSPS) is 10.4. The molecule has 0 N–H and O–H groups in total. The topological polar surface area (TPSA) is 43.4 Å². The van der Waals surface area contributed by atoms with Crippen LogP contribution in [0.2, 0.25) is 0 Å². The second-order valence-corrected chi connectivity index (χ2v) is 4.93. The van der Waals surface area contributed by atoms with Gasteiger partial charge < -0.3 is 4.74 Å². The summed E-state index contributed by atoms with van der Waals surface area (Å²) in [7, 11) is 0. The molecular formula is C19H14O3. The van der Waals surface area contributed by atoms with Crippen LogP contribution in [0.4, 0.5) is 0 Å². The zero-order valence-corrected chi connectivity index (χ0v) is 11.9. The number of Topliss-reactive ketones (excluding diaryl/α,β-unsaturated/α-hetero) is 1. The fourth-order valence-corrected chi connectivity index (χ4v) is 2.23. The standard InChI is InChI=1S/C19H14O3/c20-18(13-22-19(21)15-7-2-1-3-8-15)17-11-10-14-6-4-5-9-16(14)12-17/h1-12H,13H2. The summed E-state index contributed by atoms with van der Waals surface area (Å²) in [6.07, 6.45) is 0. The molecule has 3 aromatic carbocycles. The first kappa shape index (κ1) is 14.0. The van der Waals surface area contributed by atoms with Gasteiger partial charge >= 0.3 is 5.97 Å². The Kier molecular flexibility index (Phi) is 3.97. The zero-order valence-electron chi connectivity index (χ0n) is 11.9. The van der Waals surface area contributed by atoms with Crippen molar-refractivity contribution in [1.82, 2.24) is 0 Å². The molecule has 0 spiro atoms. The Hall–Kier alpha value is -2.94. The number of esters is 1. The molecule has 3 rings (SSSR count). The number of carbonyl (C=O) groups is 2. The predicted molar refractivity (Wildman–Crippen MR) is 85.0 cm³/mol. The Morgan fingerprint density at radius 3 is 2.18 bits per heavy atom. The van der Waals surface area contributed by atoms with Crippen molar-refractivity contribution in [2.24, 2.45) is 0 Å². The van der Waals surface area contributed by atoms with E-state index in [-0.39, 0.29) is 12.4 Å². The van der Waals surface area contributed by atoms with E-state index >= 15 is 0 Å². The summed E-state index contributed by atoms with van der Waals surface area (Å²) in [6.45, 7) is -0.258. The number of ether oxygens (including phenoxy) is 1. The number of benzene rings is 3. The smallest absolute Gasteiger partial charge is 0.338 e. The molecule has 0 unspecified atom stereocenters. The molecule has 3 heteroatoms. The van der Waals surface area contributed by atoms with E-state index in [0.29, 0.717) is 11.1 Å². The van der Waals surface area contributed by atoms with E-state index in [9.17, 15) is 9.59 Å². The molecule has 0 aliphatic carbocycles. The number of carbonyl (C=O) groups excluding carboxylic acids is 2. The van der Waals surface area contributed by atoms with Gasteiger partial charge in [-0.2, -0.15) is 0 Å². The maximum absolute atomic E-state index is 12.1. The minimum absolute atomic E-state index is 0.213. The van der Waals surface area contributed by atoms with Crippen LogP contribution in [0.1, 0.15) is 20.7 Å². The van der Waals surface area contributed by atoms with Crippen molar-refractivity contribution in [2.45, 2.75) is 0 Å². The van der Waals surface area contributed by atoms with Gasteiger partial charge in [-0.1, -0.05) is 54.6 Å². The van der Waals surface area contributed by atoms with E-state index in [1.165, 1.54) is 0 Å². The molecule has 0 bridgehead atoms. The molecule has 108 valence electrons. The van der Waals surface area contributed by atoms with E-state index < -0.39 is 5.97 Å². The van der Waals surface area contributed by atoms with Gasteiger partial charge in [-0.25, -0.2) is 4.79 Å². The van der Waals surface area contributed by atoms with Crippen molar-refractivity contribution in [3.63, 3.8) is 0 Å². The number of hydrogen-bond acceptors (Lipinski definition) is 3. The van der Waals surface area contributed by atoms with Gasteiger partial charge in [0.2, 0.25) is 0 Å². The highest BCUT2D eigenvalue weighted by Crippen LogP contribution is 2.16. The molecule has 22 heavy (non-hydrogen) atoms. The van der Waals surface area contributed by atoms with E-state index in [1.54, 1.807) is 30.3 Å². The summed E-state index contributed by atoms with van der Waals surface area (Å²) in [5.41, 5.74) is 0.980. The molecule has 0 aromatic heterocycles. The highest BCUT2D eigenvalue weighted by molar-refractivity contribution is 6.02. The molecule has 0 aliphatic heterocycles. The van der Waals surface area contributed by atoms with E-state index in [1.807, 2.05) is 42.5 Å². The maximum Gasteiger partial charge on any atom is 0.338 e. The molecule has 0 amide bonds. The van der Waals surface area contributed by atoms with Crippen LogP contribution in [-0.2, 0) is 4.74 Å². The summed E-state index contributed by atoms with van der Waals surface area (Å²) in [4.78, 5) is 24.0. The molecule has 0 radical (unpaired) electrons. The first-order chi connectivity index (χ1) is 10.7. The first-order valence-corrected chi connectivity index (χ1v) is 6.98. The Balaban J connectivity index is 1.69. The maximum atomic E-state index is 12.1. The first-order valence-electron chi connectivity index (χ1n) is 6.98. The van der Waals surface area contributed by atoms with Crippen LogP contribution >= 0.6 is 0 Å². The van der Waals surface area contributed by atoms with Crippen LogP contribution in [0, 0.1) is 0 Å². The average molecular weight is 290 g/mol. The average Bonchev–Trinajstić information content (AvgIpc) is 2.59. The van der Waals surface area contributed by atoms with Crippen molar-refractivity contribution in [3.05, 3.63) is 83.9 Å². The Morgan fingerprint density at radius 1 is 0.727 bits per heavy atom. The molecule has 0 atom stereocenters. The largest absolute Gasteiger partial charge is 0.454 e. The van der Waals surface area contributed by atoms with Gasteiger partial charge in [0, 0.05) is 5.56 Å². The molecule has 3 nitrogen and oxygen atoms in total. The predicted octanol–water partition coefficient (Wildman–Crippen LogP) is 3.88. The van der Waals surface area contributed by atoms with Crippen LogP contribution in [0.15, 0.2) is 72.8 Å². The van der Waals surface area contributed by atoms with E-state index in [4.69, 9.17) is 4.74 Å². The lowest BCUT2D eigenvalue weighted by Crippen LogP contribution is -2.14. The van der Waals surface area contributed by atoms with Crippen molar-refractivity contribution < 1.29 is 14.3 Å². The lowest BCUT2D eigenvalue weighted by molar-refractivity contribution is 0.0475. The third-order valence-corrected chi connectivity index (χ3v) is 3.42. The van der Waals surface area contributed by atoms with Crippen LogP contribution in [-0.4, -0.2) is 18.4 Å². The molecule has 0 aliphatic rings. The van der Waals surface area contributed by atoms with Gasteiger partial charge in [-0.15, -0.1) is 0 Å². The number of fused-ring (bicyclic) bond motifs is 1. The lowest BCUT2D eigenvalue weighted by Gasteiger charge is -2.05. The van der Waals surface area contributed by atoms with Gasteiger partial charge in [0.15, 0.2) is 12.4 Å². The highest BCUT2D eigenvalue weighted by Gasteiger charge is 2.11. The van der Waals surface area contributed by atoms with Crippen molar-refractivity contribution >= 4 is 22.5 Å². The Morgan fingerprint density at radius 2 is 1.41 bits per heavy atom. The minimum atomic E-state index is -0.491. The number of hydrogen-bond donors (Lipinski definition) is 0. The van der Waals surface area contributed by atoms with Crippen LogP contribution in [0.3, 0.4) is 0 Å². The number of ketones is 1. The SMILES string of the molecule is O=C(COC(=O)c1ccccc1)c1ccc2ccccc2c1. The van der Waals surface area contributed by atoms with Gasteiger partial charge in [0.05, 0.1) is 5.56 Å². The van der Waals surface area contributed by atoms with Crippen LogP contribution < -0.4 is 0 Å². The molecule has 3 aromatic rings. The summed E-state index contributed by atoms with van der Waals surface area (Å²) in [5.74, 6) is -0.704. The summed E-state index contributed by atoms with van der Waals surface area (Å²) >= 11 is 0. The Labute approximate surface area is 128 Å². The van der Waals surface area contributed by atoms with Crippen molar-refractivity contribution in [1.29, 1.82) is 0 Å². The fourth-order valence-electron chi connectivity index (χ4n) is 2.23. The summed E-state index contributed by atoms with van der Waals surface area (Å²) < 4.78 is 5.07. The second kappa shape index (κ2) is 6.22. The van der Waals surface area contributed by atoms with Crippen molar-refractivity contribution in [2.75, 3.05) is 6.61 Å². The number of rotatable bonds is 4.